The van der Waals surface area contributed by atoms with Gasteiger partial charge in [0, 0.05) is 5.69 Å². The Morgan fingerprint density at radius 1 is 0.933 bits per heavy atom. The lowest BCUT2D eigenvalue weighted by Gasteiger charge is -2.26. The van der Waals surface area contributed by atoms with Crippen molar-refractivity contribution in [3.63, 3.8) is 0 Å². The van der Waals surface area contributed by atoms with Crippen LogP contribution in [0.1, 0.15) is 50.7 Å². The monoisotopic (exact) mass is 436 g/mol. The minimum absolute atomic E-state index is 0.0448. The zero-order valence-corrected chi connectivity index (χ0v) is 18.8. The Morgan fingerprint density at radius 3 is 1.73 bits per heavy atom. The summed E-state index contributed by atoms with van der Waals surface area (Å²) in [5.74, 6) is 0.227. The van der Waals surface area contributed by atoms with Crippen molar-refractivity contribution in [3.05, 3.63) is 47.5 Å². The van der Waals surface area contributed by atoms with E-state index in [1.54, 1.807) is 6.07 Å². The fourth-order valence-electron chi connectivity index (χ4n) is 3.21. The summed E-state index contributed by atoms with van der Waals surface area (Å²) < 4.78 is 45.1. The van der Waals surface area contributed by atoms with E-state index in [9.17, 15) is 17.8 Å². The van der Waals surface area contributed by atoms with Gasteiger partial charge in [-0.1, -0.05) is 52.0 Å². The van der Waals surface area contributed by atoms with Crippen LogP contribution in [0, 0.1) is 0 Å². The quantitative estimate of drug-likeness (QED) is 0.605. The largest absolute Gasteiger partial charge is 0.494 e. The molecule has 0 unspecified atom stereocenters. The van der Waals surface area contributed by atoms with E-state index in [2.05, 4.69) is 5.32 Å². The van der Waals surface area contributed by atoms with Crippen LogP contribution in [-0.2, 0) is 10.3 Å². The fraction of sp³-hybridized carbons (Fsp3) is 0.381. The van der Waals surface area contributed by atoms with Crippen LogP contribution in [-0.4, -0.2) is 33.2 Å². The molecule has 0 spiro atoms. The van der Waals surface area contributed by atoms with Crippen molar-refractivity contribution in [2.45, 2.75) is 39.5 Å². The number of para-hydroxylation sites is 2. The van der Waals surface area contributed by atoms with Crippen LogP contribution in [0.2, 0.25) is 0 Å². The predicted molar refractivity (Wildman–Crippen MR) is 117 cm³/mol. The van der Waals surface area contributed by atoms with E-state index in [4.69, 9.17) is 9.47 Å². The minimum Gasteiger partial charge on any atom is -0.494 e. The van der Waals surface area contributed by atoms with E-state index in [0.717, 1.165) is 11.1 Å². The SMILES string of the molecule is COc1cccc(OC)c1N(C(=O)Nc1c(C(C)C)cccc1C(C)C)S(=O)(=O)O. The number of nitrogens with one attached hydrogen (secondary N) is 1. The molecule has 0 aliphatic carbocycles. The second-order valence-electron chi connectivity index (χ2n) is 7.30. The highest BCUT2D eigenvalue weighted by atomic mass is 32.2. The molecule has 0 aliphatic rings. The number of nitrogens with zero attached hydrogens (tertiary/aromatic N) is 1. The molecule has 0 saturated carbocycles. The average Bonchev–Trinajstić information content (AvgIpc) is 2.66. The molecule has 0 radical (unpaired) electrons. The molecule has 9 heteroatoms. The van der Waals surface area contributed by atoms with E-state index in [0.29, 0.717) is 5.69 Å². The highest BCUT2D eigenvalue weighted by molar-refractivity contribution is 7.88. The number of carbonyl (C=O) groups excluding carboxylic acids is 1. The number of anilines is 2. The van der Waals surface area contributed by atoms with Gasteiger partial charge < -0.3 is 14.8 Å². The van der Waals surface area contributed by atoms with E-state index in [1.165, 1.54) is 26.4 Å². The maximum atomic E-state index is 13.2. The Labute approximate surface area is 177 Å². The van der Waals surface area contributed by atoms with Gasteiger partial charge in [0.1, 0.15) is 17.2 Å². The predicted octanol–water partition coefficient (Wildman–Crippen LogP) is 4.79. The molecular weight excluding hydrogens is 408 g/mol. The smallest absolute Gasteiger partial charge is 0.368 e. The van der Waals surface area contributed by atoms with Gasteiger partial charge in [0.15, 0.2) is 0 Å². The first-order valence-electron chi connectivity index (χ1n) is 9.45. The minimum atomic E-state index is -5.01. The number of rotatable bonds is 7. The molecular formula is C21H28N2O6S. The van der Waals surface area contributed by atoms with Crippen LogP contribution in [0.25, 0.3) is 0 Å². The lowest BCUT2D eigenvalue weighted by molar-refractivity contribution is 0.258. The van der Waals surface area contributed by atoms with E-state index in [-0.39, 0.29) is 33.3 Å². The number of carbonyl (C=O) groups is 1. The molecule has 2 aromatic carbocycles. The summed E-state index contributed by atoms with van der Waals surface area (Å²) in [5.41, 5.74) is 1.97. The van der Waals surface area contributed by atoms with Crippen LogP contribution in [0.5, 0.6) is 11.5 Å². The van der Waals surface area contributed by atoms with E-state index >= 15 is 0 Å². The van der Waals surface area contributed by atoms with Gasteiger partial charge in [0.25, 0.3) is 0 Å². The van der Waals surface area contributed by atoms with Crippen molar-refractivity contribution >= 4 is 27.7 Å². The molecule has 2 rings (SSSR count). The summed E-state index contributed by atoms with van der Waals surface area (Å²) in [6, 6.07) is 9.07. The van der Waals surface area contributed by atoms with E-state index in [1.807, 2.05) is 45.9 Å². The fourth-order valence-corrected chi connectivity index (χ4v) is 3.87. The second kappa shape index (κ2) is 9.36. The molecule has 0 heterocycles. The van der Waals surface area contributed by atoms with Crippen molar-refractivity contribution in [1.82, 2.24) is 0 Å². The van der Waals surface area contributed by atoms with Crippen molar-refractivity contribution in [2.24, 2.45) is 0 Å². The van der Waals surface area contributed by atoms with Gasteiger partial charge in [-0.2, -0.15) is 12.7 Å². The van der Waals surface area contributed by atoms with Gasteiger partial charge in [-0.05, 0) is 35.1 Å². The first-order chi connectivity index (χ1) is 14.0. The molecule has 30 heavy (non-hydrogen) atoms. The maximum Gasteiger partial charge on any atom is 0.368 e. The van der Waals surface area contributed by atoms with E-state index < -0.39 is 16.3 Å². The van der Waals surface area contributed by atoms with Gasteiger partial charge in [0.2, 0.25) is 0 Å². The summed E-state index contributed by atoms with van der Waals surface area (Å²) in [7, 11) is -2.36. The van der Waals surface area contributed by atoms with Crippen molar-refractivity contribution in [3.8, 4) is 11.5 Å². The number of ether oxygens (including phenoxy) is 2. The molecule has 0 aliphatic heterocycles. The number of methoxy groups -OCH3 is 2. The molecule has 8 nitrogen and oxygen atoms in total. The number of hydrogen-bond donors (Lipinski definition) is 2. The highest BCUT2D eigenvalue weighted by Crippen LogP contribution is 2.40. The topological polar surface area (TPSA) is 105 Å². The van der Waals surface area contributed by atoms with Crippen LogP contribution >= 0.6 is 0 Å². The molecule has 2 aromatic rings. The molecule has 0 saturated heterocycles. The lowest BCUT2D eigenvalue weighted by Crippen LogP contribution is -2.40. The Bertz CT molecular complexity index is 970. The Morgan fingerprint density at radius 2 is 1.37 bits per heavy atom. The zero-order valence-electron chi connectivity index (χ0n) is 18.0. The number of benzene rings is 2. The third-order valence-corrected chi connectivity index (χ3v) is 5.43. The van der Waals surface area contributed by atoms with Crippen molar-refractivity contribution in [2.75, 3.05) is 23.8 Å². The molecule has 0 bridgehead atoms. The highest BCUT2D eigenvalue weighted by Gasteiger charge is 2.34. The molecule has 0 aromatic heterocycles. The van der Waals surface area contributed by atoms with Crippen molar-refractivity contribution in [1.29, 1.82) is 0 Å². The molecule has 2 amide bonds. The average molecular weight is 437 g/mol. The Balaban J connectivity index is 2.67. The summed E-state index contributed by atoms with van der Waals surface area (Å²) in [6.45, 7) is 7.88. The van der Waals surface area contributed by atoms with Crippen LogP contribution < -0.4 is 19.1 Å². The van der Waals surface area contributed by atoms with Gasteiger partial charge in [-0.3, -0.25) is 4.55 Å². The lowest BCUT2D eigenvalue weighted by atomic mass is 9.93. The summed E-state index contributed by atoms with van der Waals surface area (Å²) in [4.78, 5) is 13.2. The molecule has 0 fully saturated rings. The summed E-state index contributed by atoms with van der Waals surface area (Å²) in [5, 5.41) is 2.69. The third kappa shape index (κ3) is 4.85. The first-order valence-corrected chi connectivity index (χ1v) is 10.8. The first kappa shape index (κ1) is 23.5. The molecule has 0 atom stereocenters. The Hall–Kier alpha value is -2.78. The van der Waals surface area contributed by atoms with Crippen LogP contribution in [0.4, 0.5) is 16.2 Å². The normalized spacial score (nSPS) is 11.5. The summed E-state index contributed by atoms with van der Waals surface area (Å²) >= 11 is 0. The number of hydrogen-bond acceptors (Lipinski definition) is 5. The number of urea groups is 1. The van der Waals surface area contributed by atoms with Crippen molar-refractivity contribution < 1.29 is 27.2 Å². The summed E-state index contributed by atoms with van der Waals surface area (Å²) in [6.07, 6.45) is 0. The van der Waals surface area contributed by atoms with Gasteiger partial charge >= 0.3 is 16.3 Å². The molecule has 2 N–H and O–H groups in total. The third-order valence-electron chi connectivity index (χ3n) is 4.62. The van der Waals surface area contributed by atoms with Gasteiger partial charge in [-0.15, -0.1) is 0 Å². The molecule has 164 valence electrons. The standard InChI is InChI=1S/C21H28N2O6S/c1-13(2)15-9-7-10-16(14(3)4)19(15)22-21(24)23(30(25,26)27)20-17(28-5)11-8-12-18(20)29-6/h7-14H,1-6H3,(H,22,24)(H,25,26,27). The van der Waals surface area contributed by atoms with Crippen LogP contribution in [0.3, 0.4) is 0 Å². The van der Waals surface area contributed by atoms with Crippen LogP contribution in [0.15, 0.2) is 36.4 Å². The van der Waals surface area contributed by atoms with Gasteiger partial charge in [0.05, 0.1) is 14.2 Å². The van der Waals surface area contributed by atoms with Gasteiger partial charge in [-0.25, -0.2) is 4.79 Å². The zero-order chi connectivity index (χ0) is 22.6. The Kier molecular flexibility index (Phi) is 7.33. The maximum absolute atomic E-state index is 13.2. The second-order valence-corrected chi connectivity index (χ2v) is 8.57. The number of amides is 2.